The highest BCUT2D eigenvalue weighted by atomic mass is 35.5. The van der Waals surface area contributed by atoms with Crippen LogP contribution in [0.2, 0.25) is 5.02 Å². The van der Waals surface area contributed by atoms with Crippen molar-refractivity contribution in [1.29, 1.82) is 0 Å². The zero-order valence-electron chi connectivity index (χ0n) is 14.5. The third-order valence-corrected chi connectivity index (χ3v) is 4.10. The first-order valence-electron chi connectivity index (χ1n) is 7.97. The monoisotopic (exact) mass is 388 g/mol. The van der Waals surface area contributed by atoms with Crippen LogP contribution in [0.25, 0.3) is 0 Å². The van der Waals surface area contributed by atoms with Crippen molar-refractivity contribution in [3.05, 3.63) is 76.1 Å². The maximum absolute atomic E-state index is 13.3. The molecule has 0 aliphatic carbocycles. The minimum atomic E-state index is -0.998. The van der Waals surface area contributed by atoms with Gasteiger partial charge < -0.3 is 10.6 Å². The molecule has 0 spiro atoms. The summed E-state index contributed by atoms with van der Waals surface area (Å²) in [5.74, 6) is -2.31. The molecule has 0 fully saturated rings. The van der Waals surface area contributed by atoms with E-state index >= 15 is 0 Å². The van der Waals surface area contributed by atoms with Gasteiger partial charge in [-0.15, -0.1) is 0 Å². The fraction of sp³-hybridized carbons (Fsp3) is 0.105. The van der Waals surface area contributed by atoms with Crippen molar-refractivity contribution >= 4 is 34.8 Å². The van der Waals surface area contributed by atoms with E-state index in [9.17, 15) is 13.6 Å². The Bertz CT molecular complexity index is 1030. The van der Waals surface area contributed by atoms with Gasteiger partial charge in [-0.3, -0.25) is 4.79 Å². The summed E-state index contributed by atoms with van der Waals surface area (Å²) in [6.45, 7) is 3.55. The third-order valence-electron chi connectivity index (χ3n) is 3.69. The predicted octanol–water partition coefficient (Wildman–Crippen LogP) is 5.02. The topological polar surface area (TPSA) is 66.9 Å². The summed E-state index contributed by atoms with van der Waals surface area (Å²) >= 11 is 6.06. The van der Waals surface area contributed by atoms with Crippen LogP contribution in [0, 0.1) is 25.5 Å². The number of halogens is 3. The van der Waals surface area contributed by atoms with E-state index in [0.29, 0.717) is 16.4 Å². The number of hydrogen-bond acceptors (Lipinski definition) is 4. The number of anilines is 3. The summed E-state index contributed by atoms with van der Waals surface area (Å²) in [6, 6.07) is 9.99. The Kier molecular flexibility index (Phi) is 5.32. The molecule has 1 amide bonds. The zero-order chi connectivity index (χ0) is 19.6. The molecule has 0 saturated heterocycles. The predicted molar refractivity (Wildman–Crippen MR) is 101 cm³/mol. The summed E-state index contributed by atoms with van der Waals surface area (Å²) < 4.78 is 26.4. The maximum atomic E-state index is 13.3. The maximum Gasteiger partial charge on any atom is 0.274 e. The molecule has 0 unspecified atom stereocenters. The van der Waals surface area contributed by atoms with Crippen LogP contribution in [0.4, 0.5) is 26.1 Å². The fourth-order valence-electron chi connectivity index (χ4n) is 2.31. The van der Waals surface area contributed by atoms with Gasteiger partial charge in [0, 0.05) is 28.2 Å². The SMILES string of the molecule is Cc1cc(C(=O)Nc2ccc(C)c(Cl)c2)nc(Nc2ccc(F)c(F)c2)n1. The van der Waals surface area contributed by atoms with Crippen molar-refractivity contribution in [2.24, 2.45) is 0 Å². The van der Waals surface area contributed by atoms with E-state index in [0.717, 1.165) is 17.7 Å². The van der Waals surface area contributed by atoms with Crippen LogP contribution in [-0.4, -0.2) is 15.9 Å². The molecule has 2 aromatic carbocycles. The number of nitrogens with one attached hydrogen (secondary N) is 2. The second kappa shape index (κ2) is 7.67. The minimum absolute atomic E-state index is 0.0908. The van der Waals surface area contributed by atoms with Crippen molar-refractivity contribution < 1.29 is 13.6 Å². The van der Waals surface area contributed by atoms with Gasteiger partial charge in [0.15, 0.2) is 11.6 Å². The van der Waals surface area contributed by atoms with Crippen molar-refractivity contribution in [1.82, 2.24) is 9.97 Å². The molecular weight excluding hydrogens is 374 g/mol. The second-order valence-electron chi connectivity index (χ2n) is 5.89. The average molecular weight is 389 g/mol. The standard InChI is InChI=1S/C19H15ClF2N4O/c1-10-3-4-12(8-14(10)20)24-18(27)17-7-11(2)23-19(26-17)25-13-5-6-15(21)16(22)9-13/h3-9H,1-2H3,(H,24,27)(H,23,25,26). The number of aromatic nitrogens is 2. The van der Waals surface area contributed by atoms with Gasteiger partial charge in [-0.05, 0) is 49.7 Å². The van der Waals surface area contributed by atoms with Gasteiger partial charge in [-0.25, -0.2) is 18.7 Å². The number of amides is 1. The normalized spacial score (nSPS) is 10.6. The van der Waals surface area contributed by atoms with Gasteiger partial charge in [0.05, 0.1) is 0 Å². The Morgan fingerprint density at radius 3 is 2.41 bits per heavy atom. The van der Waals surface area contributed by atoms with E-state index in [1.165, 1.54) is 12.1 Å². The zero-order valence-corrected chi connectivity index (χ0v) is 15.2. The molecule has 8 heteroatoms. The number of rotatable bonds is 4. The van der Waals surface area contributed by atoms with Gasteiger partial charge in [0.1, 0.15) is 5.69 Å². The lowest BCUT2D eigenvalue weighted by molar-refractivity contribution is 0.102. The molecule has 3 rings (SSSR count). The van der Waals surface area contributed by atoms with Crippen molar-refractivity contribution in [3.63, 3.8) is 0 Å². The number of nitrogens with zero attached hydrogens (tertiary/aromatic N) is 2. The van der Waals surface area contributed by atoms with Crippen LogP contribution in [0.3, 0.4) is 0 Å². The van der Waals surface area contributed by atoms with Gasteiger partial charge >= 0.3 is 0 Å². The molecule has 0 saturated carbocycles. The summed E-state index contributed by atoms with van der Waals surface area (Å²) in [4.78, 5) is 20.8. The summed E-state index contributed by atoms with van der Waals surface area (Å²) in [7, 11) is 0. The Balaban J connectivity index is 1.82. The van der Waals surface area contributed by atoms with Crippen LogP contribution in [0.15, 0.2) is 42.5 Å². The second-order valence-corrected chi connectivity index (χ2v) is 6.30. The van der Waals surface area contributed by atoms with Crippen LogP contribution < -0.4 is 10.6 Å². The van der Waals surface area contributed by atoms with E-state index in [2.05, 4.69) is 20.6 Å². The molecule has 0 atom stereocenters. The number of benzene rings is 2. The minimum Gasteiger partial charge on any atom is -0.324 e. The lowest BCUT2D eigenvalue weighted by Crippen LogP contribution is -2.15. The Morgan fingerprint density at radius 1 is 0.963 bits per heavy atom. The van der Waals surface area contributed by atoms with Crippen molar-refractivity contribution in [2.45, 2.75) is 13.8 Å². The first-order chi connectivity index (χ1) is 12.8. The first-order valence-corrected chi connectivity index (χ1v) is 8.35. The van der Waals surface area contributed by atoms with Crippen LogP contribution in [0.5, 0.6) is 0 Å². The summed E-state index contributed by atoms with van der Waals surface area (Å²) in [6.07, 6.45) is 0. The molecule has 5 nitrogen and oxygen atoms in total. The number of carbonyl (C=O) groups excluding carboxylic acids is 1. The van der Waals surface area contributed by atoms with E-state index < -0.39 is 17.5 Å². The third kappa shape index (κ3) is 4.57. The Labute approximate surface area is 159 Å². The molecule has 0 bridgehead atoms. The smallest absolute Gasteiger partial charge is 0.274 e. The molecule has 1 aromatic heterocycles. The molecule has 0 radical (unpaired) electrons. The number of carbonyl (C=O) groups is 1. The highest BCUT2D eigenvalue weighted by molar-refractivity contribution is 6.31. The van der Waals surface area contributed by atoms with E-state index in [-0.39, 0.29) is 17.3 Å². The van der Waals surface area contributed by atoms with Crippen LogP contribution in [-0.2, 0) is 0 Å². The largest absolute Gasteiger partial charge is 0.324 e. The number of hydrogen-bond donors (Lipinski definition) is 2. The van der Waals surface area contributed by atoms with E-state index in [1.54, 1.807) is 25.1 Å². The quantitative estimate of drug-likeness (QED) is 0.658. The highest BCUT2D eigenvalue weighted by Crippen LogP contribution is 2.21. The molecule has 27 heavy (non-hydrogen) atoms. The fourth-order valence-corrected chi connectivity index (χ4v) is 2.49. The summed E-state index contributed by atoms with van der Waals surface area (Å²) in [5, 5.41) is 6.00. The van der Waals surface area contributed by atoms with Crippen molar-refractivity contribution in [3.8, 4) is 0 Å². The van der Waals surface area contributed by atoms with Gasteiger partial charge in [-0.2, -0.15) is 0 Å². The van der Waals surface area contributed by atoms with Gasteiger partial charge in [-0.1, -0.05) is 17.7 Å². The van der Waals surface area contributed by atoms with Crippen molar-refractivity contribution in [2.75, 3.05) is 10.6 Å². The van der Waals surface area contributed by atoms with Gasteiger partial charge in [0.25, 0.3) is 5.91 Å². The Morgan fingerprint density at radius 2 is 1.70 bits per heavy atom. The molecule has 3 aromatic rings. The molecule has 0 aliphatic heterocycles. The molecule has 138 valence electrons. The summed E-state index contributed by atoms with van der Waals surface area (Å²) in [5.41, 5.74) is 2.33. The van der Waals surface area contributed by atoms with E-state index in [1.807, 2.05) is 6.92 Å². The van der Waals surface area contributed by atoms with Gasteiger partial charge in [0.2, 0.25) is 5.95 Å². The molecular formula is C19H15ClF2N4O. The highest BCUT2D eigenvalue weighted by Gasteiger charge is 2.12. The lowest BCUT2D eigenvalue weighted by Gasteiger charge is -2.10. The Hall–Kier alpha value is -3.06. The lowest BCUT2D eigenvalue weighted by atomic mass is 10.2. The molecule has 2 N–H and O–H groups in total. The van der Waals surface area contributed by atoms with E-state index in [4.69, 9.17) is 11.6 Å². The van der Waals surface area contributed by atoms with Crippen LogP contribution >= 0.6 is 11.6 Å². The molecule has 0 aliphatic rings. The van der Waals surface area contributed by atoms with Crippen LogP contribution in [0.1, 0.15) is 21.7 Å². The first kappa shape index (κ1) is 18.7. The molecule has 1 heterocycles. The number of aryl methyl sites for hydroxylation is 2. The average Bonchev–Trinajstić information content (AvgIpc) is 2.61.